The van der Waals surface area contributed by atoms with E-state index >= 15 is 0 Å². The van der Waals surface area contributed by atoms with E-state index in [0.717, 1.165) is 10.6 Å². The van der Waals surface area contributed by atoms with Gasteiger partial charge in [0.25, 0.3) is 0 Å². The summed E-state index contributed by atoms with van der Waals surface area (Å²) in [6.07, 6.45) is 1.90. The number of benzene rings is 1. The van der Waals surface area contributed by atoms with Gasteiger partial charge in [-0.15, -0.1) is 11.8 Å². The summed E-state index contributed by atoms with van der Waals surface area (Å²) >= 11 is 1.48. The molecule has 0 spiro atoms. The molecule has 0 aromatic heterocycles. The van der Waals surface area contributed by atoms with Gasteiger partial charge in [0.1, 0.15) is 5.75 Å². The Hall–Kier alpha value is -1.20. The number of hydrogen-bond donors (Lipinski definition) is 2. The number of anilines is 1. The number of carbonyl (C=O) groups excluding carboxylic acids is 1. The highest BCUT2D eigenvalue weighted by Gasteiger charge is 2.07. The zero-order valence-corrected chi connectivity index (χ0v) is 10.5. The van der Waals surface area contributed by atoms with E-state index in [1.807, 2.05) is 20.4 Å². The van der Waals surface area contributed by atoms with Gasteiger partial charge in [-0.1, -0.05) is 0 Å². The fraction of sp³-hybridized carbons (Fsp3) is 0.364. The van der Waals surface area contributed by atoms with Crippen LogP contribution in [0.25, 0.3) is 0 Å². The number of nitrogens with one attached hydrogen (secondary N) is 1. The summed E-state index contributed by atoms with van der Waals surface area (Å²) in [4.78, 5) is 14.2. The molecule has 1 aromatic carbocycles. The standard InChI is InChI=1S/C11H16N2O2S/c1-13(2)7-11(15)12-9-5-4-8(14)6-10(9)16-3/h4-6,14H,7H2,1-3H3,(H,12,15). The minimum absolute atomic E-state index is 0.0639. The SMILES string of the molecule is CSc1cc(O)ccc1NC(=O)CN(C)C. The first-order valence-electron chi connectivity index (χ1n) is 4.84. The van der Waals surface area contributed by atoms with Gasteiger partial charge in [-0.3, -0.25) is 4.79 Å². The lowest BCUT2D eigenvalue weighted by Gasteiger charge is -2.12. The van der Waals surface area contributed by atoms with Crippen LogP contribution in [-0.2, 0) is 4.79 Å². The molecule has 0 heterocycles. The number of phenols is 1. The van der Waals surface area contributed by atoms with E-state index < -0.39 is 0 Å². The molecule has 5 heteroatoms. The van der Waals surface area contributed by atoms with E-state index in [1.165, 1.54) is 11.8 Å². The fourth-order valence-electron chi connectivity index (χ4n) is 1.26. The molecule has 16 heavy (non-hydrogen) atoms. The monoisotopic (exact) mass is 240 g/mol. The second-order valence-corrected chi connectivity index (χ2v) is 4.52. The largest absolute Gasteiger partial charge is 0.508 e. The van der Waals surface area contributed by atoms with E-state index in [4.69, 9.17) is 0 Å². The molecule has 0 saturated heterocycles. The summed E-state index contributed by atoms with van der Waals surface area (Å²) in [6.45, 7) is 0.342. The van der Waals surface area contributed by atoms with Crippen molar-refractivity contribution in [3.8, 4) is 5.75 Å². The van der Waals surface area contributed by atoms with Gasteiger partial charge in [-0.2, -0.15) is 0 Å². The van der Waals surface area contributed by atoms with Crippen molar-refractivity contribution in [2.45, 2.75) is 4.90 Å². The molecule has 0 aliphatic carbocycles. The maximum absolute atomic E-state index is 11.6. The third-order valence-electron chi connectivity index (χ3n) is 1.92. The molecular weight excluding hydrogens is 224 g/mol. The van der Waals surface area contributed by atoms with Gasteiger partial charge in [0, 0.05) is 4.90 Å². The Balaban J connectivity index is 2.76. The number of likely N-dealkylation sites (N-methyl/N-ethyl adjacent to an activating group) is 1. The second-order valence-electron chi connectivity index (χ2n) is 3.67. The second kappa shape index (κ2) is 5.77. The van der Waals surface area contributed by atoms with Gasteiger partial charge in [0.05, 0.1) is 12.2 Å². The van der Waals surface area contributed by atoms with Crippen molar-refractivity contribution in [3.05, 3.63) is 18.2 Å². The first-order valence-corrected chi connectivity index (χ1v) is 6.07. The highest BCUT2D eigenvalue weighted by molar-refractivity contribution is 7.98. The van der Waals surface area contributed by atoms with Gasteiger partial charge in [-0.05, 0) is 38.6 Å². The number of phenolic OH excluding ortho intramolecular Hbond substituents is 1. The highest BCUT2D eigenvalue weighted by atomic mass is 32.2. The van der Waals surface area contributed by atoms with Crippen LogP contribution in [0.15, 0.2) is 23.1 Å². The van der Waals surface area contributed by atoms with Crippen LogP contribution >= 0.6 is 11.8 Å². The Bertz CT molecular complexity index is 380. The molecule has 1 amide bonds. The molecule has 0 radical (unpaired) electrons. The first kappa shape index (κ1) is 12.9. The summed E-state index contributed by atoms with van der Waals surface area (Å²) in [7, 11) is 3.68. The van der Waals surface area contributed by atoms with Crippen molar-refractivity contribution in [2.75, 3.05) is 32.2 Å². The Kier molecular flexibility index (Phi) is 4.64. The lowest BCUT2D eigenvalue weighted by molar-refractivity contribution is -0.116. The van der Waals surface area contributed by atoms with Crippen LogP contribution in [0.5, 0.6) is 5.75 Å². The van der Waals surface area contributed by atoms with Crippen molar-refractivity contribution in [3.63, 3.8) is 0 Å². The summed E-state index contributed by atoms with van der Waals surface area (Å²) in [5.41, 5.74) is 0.733. The van der Waals surface area contributed by atoms with Crippen LogP contribution in [0.3, 0.4) is 0 Å². The molecule has 0 fully saturated rings. The summed E-state index contributed by atoms with van der Waals surface area (Å²) in [5.74, 6) is 0.140. The Morgan fingerprint density at radius 2 is 2.19 bits per heavy atom. The number of nitrogens with zero attached hydrogens (tertiary/aromatic N) is 1. The topological polar surface area (TPSA) is 52.6 Å². The Morgan fingerprint density at radius 1 is 1.50 bits per heavy atom. The Labute approximate surface area is 99.6 Å². The highest BCUT2D eigenvalue weighted by Crippen LogP contribution is 2.28. The summed E-state index contributed by atoms with van der Waals surface area (Å²) in [5, 5.41) is 12.1. The summed E-state index contributed by atoms with van der Waals surface area (Å²) in [6, 6.07) is 4.90. The molecule has 0 aliphatic heterocycles. The molecule has 0 saturated carbocycles. The minimum atomic E-state index is -0.0639. The third-order valence-corrected chi connectivity index (χ3v) is 2.70. The average molecular weight is 240 g/mol. The lowest BCUT2D eigenvalue weighted by atomic mass is 10.3. The normalized spacial score (nSPS) is 10.5. The van der Waals surface area contributed by atoms with E-state index in [2.05, 4.69) is 5.32 Å². The van der Waals surface area contributed by atoms with Crippen LogP contribution in [0.2, 0.25) is 0 Å². The van der Waals surface area contributed by atoms with E-state index in [9.17, 15) is 9.90 Å². The molecule has 1 rings (SSSR count). The van der Waals surface area contributed by atoms with E-state index in [1.54, 1.807) is 23.1 Å². The van der Waals surface area contributed by atoms with Crippen molar-refractivity contribution in [1.29, 1.82) is 0 Å². The van der Waals surface area contributed by atoms with Crippen molar-refractivity contribution < 1.29 is 9.90 Å². The van der Waals surface area contributed by atoms with Crippen LogP contribution in [0.4, 0.5) is 5.69 Å². The van der Waals surface area contributed by atoms with Crippen LogP contribution in [0, 0.1) is 0 Å². The smallest absolute Gasteiger partial charge is 0.238 e. The van der Waals surface area contributed by atoms with Gasteiger partial charge in [0.2, 0.25) is 5.91 Å². The average Bonchev–Trinajstić information content (AvgIpc) is 2.19. The molecule has 88 valence electrons. The zero-order chi connectivity index (χ0) is 12.1. The first-order chi connectivity index (χ1) is 7.52. The minimum Gasteiger partial charge on any atom is -0.508 e. The number of amides is 1. The molecular formula is C11H16N2O2S. The van der Waals surface area contributed by atoms with Crippen molar-refractivity contribution >= 4 is 23.4 Å². The van der Waals surface area contributed by atoms with Crippen molar-refractivity contribution in [2.24, 2.45) is 0 Å². The predicted molar refractivity (Wildman–Crippen MR) is 67.1 cm³/mol. The summed E-state index contributed by atoms with van der Waals surface area (Å²) < 4.78 is 0. The predicted octanol–water partition coefficient (Wildman–Crippen LogP) is 1.61. The van der Waals surface area contributed by atoms with E-state index in [0.29, 0.717) is 6.54 Å². The van der Waals surface area contributed by atoms with Crippen LogP contribution in [0.1, 0.15) is 0 Å². The van der Waals surface area contributed by atoms with E-state index in [-0.39, 0.29) is 11.7 Å². The van der Waals surface area contributed by atoms with Gasteiger partial charge < -0.3 is 15.3 Å². The van der Waals surface area contributed by atoms with Gasteiger partial charge in [0.15, 0.2) is 0 Å². The maximum Gasteiger partial charge on any atom is 0.238 e. The number of hydrogen-bond acceptors (Lipinski definition) is 4. The quantitative estimate of drug-likeness (QED) is 0.620. The third kappa shape index (κ3) is 3.75. The Morgan fingerprint density at radius 3 is 2.75 bits per heavy atom. The maximum atomic E-state index is 11.6. The molecule has 0 unspecified atom stereocenters. The number of carbonyl (C=O) groups is 1. The number of aromatic hydroxyl groups is 1. The molecule has 0 atom stereocenters. The number of rotatable bonds is 4. The van der Waals surface area contributed by atoms with Crippen LogP contribution in [-0.4, -0.2) is 42.8 Å². The lowest BCUT2D eigenvalue weighted by Crippen LogP contribution is -2.27. The number of thioether (sulfide) groups is 1. The molecule has 4 nitrogen and oxygen atoms in total. The van der Waals surface area contributed by atoms with Crippen LogP contribution < -0.4 is 5.32 Å². The fourth-order valence-corrected chi connectivity index (χ4v) is 1.84. The molecule has 0 aliphatic rings. The van der Waals surface area contributed by atoms with Gasteiger partial charge in [-0.25, -0.2) is 0 Å². The molecule has 0 bridgehead atoms. The van der Waals surface area contributed by atoms with Gasteiger partial charge >= 0.3 is 0 Å². The molecule has 1 aromatic rings. The van der Waals surface area contributed by atoms with Crippen molar-refractivity contribution in [1.82, 2.24) is 4.90 Å². The molecule has 2 N–H and O–H groups in total. The zero-order valence-electron chi connectivity index (χ0n) is 9.65.